The SMILES string of the molecule is CCCCN(C)C(=O)CC(=O)Nc1ccccc1Oc1ccccc1. The smallest absolute Gasteiger partial charge is 0.233 e. The number of hydrogen-bond donors (Lipinski definition) is 1. The number of nitrogens with zero attached hydrogens (tertiary/aromatic N) is 1. The first-order valence-electron chi connectivity index (χ1n) is 8.46. The molecule has 0 aliphatic rings. The van der Waals surface area contributed by atoms with Gasteiger partial charge in [-0.2, -0.15) is 0 Å². The van der Waals surface area contributed by atoms with Crippen LogP contribution in [0.25, 0.3) is 0 Å². The van der Waals surface area contributed by atoms with E-state index in [0.29, 0.717) is 23.7 Å². The summed E-state index contributed by atoms with van der Waals surface area (Å²) < 4.78 is 5.81. The van der Waals surface area contributed by atoms with E-state index in [4.69, 9.17) is 4.74 Å². The van der Waals surface area contributed by atoms with Gasteiger partial charge in [-0.3, -0.25) is 9.59 Å². The molecule has 0 radical (unpaired) electrons. The van der Waals surface area contributed by atoms with Gasteiger partial charge in [0.15, 0.2) is 5.75 Å². The third-order valence-corrected chi connectivity index (χ3v) is 3.72. The van der Waals surface area contributed by atoms with Crippen molar-refractivity contribution in [2.45, 2.75) is 26.2 Å². The first kappa shape index (κ1) is 18.5. The van der Waals surface area contributed by atoms with Crippen LogP contribution < -0.4 is 10.1 Å². The second kappa shape index (κ2) is 9.47. The lowest BCUT2D eigenvalue weighted by Crippen LogP contribution is -2.31. The Labute approximate surface area is 148 Å². The van der Waals surface area contributed by atoms with Crippen molar-refractivity contribution in [3.63, 3.8) is 0 Å². The molecule has 2 aromatic carbocycles. The Balaban J connectivity index is 1.98. The lowest BCUT2D eigenvalue weighted by atomic mass is 10.2. The quantitative estimate of drug-likeness (QED) is 0.737. The number of nitrogens with one attached hydrogen (secondary N) is 1. The molecule has 0 aliphatic heterocycles. The Morgan fingerprint density at radius 1 is 1.04 bits per heavy atom. The molecule has 132 valence electrons. The zero-order valence-corrected chi connectivity index (χ0v) is 14.7. The van der Waals surface area contributed by atoms with E-state index in [0.717, 1.165) is 12.8 Å². The highest BCUT2D eigenvalue weighted by Crippen LogP contribution is 2.29. The highest BCUT2D eigenvalue weighted by Gasteiger charge is 2.15. The van der Waals surface area contributed by atoms with Crippen molar-refractivity contribution in [1.82, 2.24) is 4.90 Å². The normalized spacial score (nSPS) is 10.2. The van der Waals surface area contributed by atoms with E-state index in [-0.39, 0.29) is 18.2 Å². The number of anilines is 1. The summed E-state index contributed by atoms with van der Waals surface area (Å²) in [6.45, 7) is 2.73. The third kappa shape index (κ3) is 5.95. The molecule has 0 fully saturated rings. The van der Waals surface area contributed by atoms with E-state index in [1.807, 2.05) is 42.5 Å². The van der Waals surface area contributed by atoms with Crippen molar-refractivity contribution in [1.29, 1.82) is 0 Å². The van der Waals surface area contributed by atoms with Gasteiger partial charge in [0, 0.05) is 13.6 Å². The van der Waals surface area contributed by atoms with Crippen LogP contribution in [0.4, 0.5) is 5.69 Å². The van der Waals surface area contributed by atoms with Gasteiger partial charge in [-0.1, -0.05) is 43.7 Å². The Hall–Kier alpha value is -2.82. The number of benzene rings is 2. The zero-order chi connectivity index (χ0) is 18.1. The summed E-state index contributed by atoms with van der Waals surface area (Å²) >= 11 is 0. The largest absolute Gasteiger partial charge is 0.455 e. The second-order valence-corrected chi connectivity index (χ2v) is 5.81. The molecule has 5 heteroatoms. The molecular weight excluding hydrogens is 316 g/mol. The van der Waals surface area contributed by atoms with Crippen molar-refractivity contribution in [3.05, 3.63) is 54.6 Å². The maximum atomic E-state index is 12.2. The minimum absolute atomic E-state index is 0.181. The van der Waals surface area contributed by atoms with Crippen molar-refractivity contribution in [2.75, 3.05) is 18.9 Å². The lowest BCUT2D eigenvalue weighted by molar-refractivity contribution is -0.133. The summed E-state index contributed by atoms with van der Waals surface area (Å²) in [7, 11) is 1.72. The van der Waals surface area contributed by atoms with Crippen LogP contribution >= 0.6 is 0 Å². The molecule has 0 aromatic heterocycles. The number of unbranched alkanes of at least 4 members (excludes halogenated alkanes) is 1. The predicted molar refractivity (Wildman–Crippen MR) is 98.7 cm³/mol. The van der Waals surface area contributed by atoms with Gasteiger partial charge in [-0.25, -0.2) is 0 Å². The summed E-state index contributed by atoms with van der Waals surface area (Å²) in [5.74, 6) is 0.679. The number of para-hydroxylation sites is 3. The van der Waals surface area contributed by atoms with Gasteiger partial charge >= 0.3 is 0 Å². The van der Waals surface area contributed by atoms with E-state index >= 15 is 0 Å². The molecule has 0 saturated heterocycles. The van der Waals surface area contributed by atoms with E-state index in [2.05, 4.69) is 12.2 Å². The van der Waals surface area contributed by atoms with Crippen LogP contribution in [0.2, 0.25) is 0 Å². The van der Waals surface area contributed by atoms with Gasteiger partial charge in [-0.15, -0.1) is 0 Å². The summed E-state index contributed by atoms with van der Waals surface area (Å²) in [5, 5.41) is 2.76. The first-order chi connectivity index (χ1) is 12.1. The van der Waals surface area contributed by atoms with Crippen LogP contribution in [-0.4, -0.2) is 30.3 Å². The second-order valence-electron chi connectivity index (χ2n) is 5.81. The van der Waals surface area contributed by atoms with E-state index in [9.17, 15) is 9.59 Å². The molecule has 0 spiro atoms. The summed E-state index contributed by atoms with van der Waals surface area (Å²) in [6.07, 6.45) is 1.76. The Morgan fingerprint density at radius 3 is 2.44 bits per heavy atom. The van der Waals surface area contributed by atoms with Crippen molar-refractivity contribution < 1.29 is 14.3 Å². The molecule has 0 aliphatic carbocycles. The average Bonchev–Trinajstić information content (AvgIpc) is 2.62. The average molecular weight is 340 g/mol. The number of rotatable bonds is 8. The highest BCUT2D eigenvalue weighted by molar-refractivity contribution is 6.04. The van der Waals surface area contributed by atoms with Gasteiger partial charge in [0.1, 0.15) is 12.2 Å². The van der Waals surface area contributed by atoms with Gasteiger partial charge in [0.05, 0.1) is 5.69 Å². The molecule has 0 atom stereocenters. The summed E-state index contributed by atoms with van der Waals surface area (Å²) in [4.78, 5) is 25.8. The predicted octanol–water partition coefficient (Wildman–Crippen LogP) is 4.07. The molecule has 1 N–H and O–H groups in total. The van der Waals surface area contributed by atoms with E-state index in [1.165, 1.54) is 0 Å². The van der Waals surface area contributed by atoms with Crippen LogP contribution in [0, 0.1) is 0 Å². The molecule has 5 nitrogen and oxygen atoms in total. The Morgan fingerprint density at radius 2 is 1.72 bits per heavy atom. The minimum atomic E-state index is -0.350. The monoisotopic (exact) mass is 340 g/mol. The number of ether oxygens (including phenoxy) is 1. The zero-order valence-electron chi connectivity index (χ0n) is 14.7. The lowest BCUT2D eigenvalue weighted by Gasteiger charge is -2.17. The Kier molecular flexibility index (Phi) is 7.01. The van der Waals surface area contributed by atoms with Crippen LogP contribution in [0.1, 0.15) is 26.2 Å². The molecule has 25 heavy (non-hydrogen) atoms. The fourth-order valence-electron chi connectivity index (χ4n) is 2.26. The molecule has 0 heterocycles. The van der Waals surface area contributed by atoms with Crippen molar-refractivity contribution in [2.24, 2.45) is 0 Å². The molecular formula is C20H24N2O3. The van der Waals surface area contributed by atoms with Gasteiger partial charge in [-0.05, 0) is 30.7 Å². The van der Waals surface area contributed by atoms with Crippen molar-refractivity contribution >= 4 is 17.5 Å². The maximum Gasteiger partial charge on any atom is 0.233 e. The van der Waals surface area contributed by atoms with E-state index in [1.54, 1.807) is 24.1 Å². The number of carbonyl (C=O) groups is 2. The minimum Gasteiger partial charge on any atom is -0.455 e. The fourth-order valence-corrected chi connectivity index (χ4v) is 2.26. The van der Waals surface area contributed by atoms with Gasteiger partial charge in [0.2, 0.25) is 11.8 Å². The molecule has 2 aromatic rings. The fraction of sp³-hybridized carbons (Fsp3) is 0.300. The third-order valence-electron chi connectivity index (χ3n) is 3.72. The molecule has 0 unspecified atom stereocenters. The summed E-state index contributed by atoms with van der Waals surface area (Å²) in [5.41, 5.74) is 0.542. The topological polar surface area (TPSA) is 58.6 Å². The maximum absolute atomic E-state index is 12.2. The highest BCUT2D eigenvalue weighted by atomic mass is 16.5. The summed E-state index contributed by atoms with van der Waals surface area (Å²) in [6, 6.07) is 16.5. The van der Waals surface area contributed by atoms with Crippen LogP contribution in [0.5, 0.6) is 11.5 Å². The number of hydrogen-bond acceptors (Lipinski definition) is 3. The molecule has 0 saturated carbocycles. The number of carbonyl (C=O) groups excluding carboxylic acids is 2. The van der Waals surface area contributed by atoms with Crippen LogP contribution in [0.3, 0.4) is 0 Å². The van der Waals surface area contributed by atoms with Crippen LogP contribution in [0.15, 0.2) is 54.6 Å². The molecule has 0 bridgehead atoms. The standard InChI is InChI=1S/C20H24N2O3/c1-3-4-14-22(2)20(24)15-19(23)21-17-12-8-9-13-18(17)25-16-10-6-5-7-11-16/h5-13H,3-4,14-15H2,1-2H3,(H,21,23). The van der Waals surface area contributed by atoms with Gasteiger partial charge in [0.25, 0.3) is 0 Å². The Bertz CT molecular complexity index is 701. The van der Waals surface area contributed by atoms with Crippen LogP contribution in [-0.2, 0) is 9.59 Å². The molecule has 2 amide bonds. The molecule has 2 rings (SSSR count). The van der Waals surface area contributed by atoms with E-state index < -0.39 is 0 Å². The van der Waals surface area contributed by atoms with Crippen molar-refractivity contribution in [3.8, 4) is 11.5 Å². The first-order valence-corrected chi connectivity index (χ1v) is 8.46. The van der Waals surface area contributed by atoms with Gasteiger partial charge < -0.3 is 15.0 Å². The number of amides is 2.